The van der Waals surface area contributed by atoms with E-state index in [9.17, 15) is 0 Å². The van der Waals surface area contributed by atoms with Crippen LogP contribution in [0, 0.1) is 5.92 Å². The summed E-state index contributed by atoms with van der Waals surface area (Å²) in [5.74, 6) is 1.02. The molecule has 0 bridgehead atoms. The normalized spacial score (nSPS) is 33.8. The third kappa shape index (κ3) is 2.73. The smallest absolute Gasteiger partial charge is 0.0345 e. The van der Waals surface area contributed by atoms with Crippen molar-refractivity contribution in [3.05, 3.63) is 0 Å². The Kier molecular flexibility index (Phi) is 4.04. The maximum atomic E-state index is 3.38. The van der Waals surface area contributed by atoms with Crippen molar-refractivity contribution in [2.45, 2.75) is 57.5 Å². The molecule has 1 saturated carbocycles. The Morgan fingerprint density at radius 1 is 1.07 bits per heavy atom. The maximum Gasteiger partial charge on any atom is 0.0345 e. The van der Waals surface area contributed by atoms with Crippen LogP contribution in [0.15, 0.2) is 0 Å². The molecule has 2 fully saturated rings. The molecule has 1 N–H and O–H groups in total. The SMILES string of the molecule is CCC1CCCC(N(C)C2CNC2)CC1. The van der Waals surface area contributed by atoms with Gasteiger partial charge in [-0.25, -0.2) is 0 Å². The molecule has 1 aliphatic carbocycles. The van der Waals surface area contributed by atoms with E-state index in [1.54, 1.807) is 0 Å². The third-order valence-electron chi connectivity index (χ3n) is 4.55. The Balaban J connectivity index is 1.81. The quantitative estimate of drug-likeness (QED) is 0.719. The van der Waals surface area contributed by atoms with E-state index in [1.165, 1.54) is 51.6 Å². The molecule has 1 aliphatic heterocycles. The van der Waals surface area contributed by atoms with Crippen LogP contribution in [0.4, 0.5) is 0 Å². The molecule has 88 valence electrons. The Hall–Kier alpha value is -0.0800. The molecule has 2 atom stereocenters. The van der Waals surface area contributed by atoms with E-state index in [4.69, 9.17) is 0 Å². The molecule has 2 rings (SSSR count). The number of nitrogens with one attached hydrogen (secondary N) is 1. The Labute approximate surface area is 94.4 Å². The predicted octanol–water partition coefficient (Wildman–Crippen LogP) is 2.25. The summed E-state index contributed by atoms with van der Waals surface area (Å²) in [5.41, 5.74) is 0. The topological polar surface area (TPSA) is 15.3 Å². The summed E-state index contributed by atoms with van der Waals surface area (Å²) in [4.78, 5) is 2.65. The van der Waals surface area contributed by atoms with Crippen LogP contribution >= 0.6 is 0 Å². The first-order valence-corrected chi connectivity index (χ1v) is 6.74. The van der Waals surface area contributed by atoms with Gasteiger partial charge in [0.05, 0.1) is 0 Å². The van der Waals surface area contributed by atoms with Crippen molar-refractivity contribution in [3.63, 3.8) is 0 Å². The standard InChI is InChI=1S/C13H26N2/c1-3-11-5-4-6-12(8-7-11)15(2)13-9-14-10-13/h11-14H,3-10H2,1-2H3. The minimum atomic E-state index is 0.827. The lowest BCUT2D eigenvalue weighted by Gasteiger charge is -2.40. The second-order valence-electron chi connectivity index (χ2n) is 5.41. The molecule has 0 radical (unpaired) electrons. The Morgan fingerprint density at radius 2 is 1.87 bits per heavy atom. The first-order valence-electron chi connectivity index (χ1n) is 6.74. The molecule has 0 aromatic carbocycles. The minimum absolute atomic E-state index is 0.827. The highest BCUT2D eigenvalue weighted by molar-refractivity contribution is 4.87. The van der Waals surface area contributed by atoms with Gasteiger partial charge in [-0.2, -0.15) is 0 Å². The van der Waals surface area contributed by atoms with Crippen LogP contribution in [0.25, 0.3) is 0 Å². The van der Waals surface area contributed by atoms with E-state index < -0.39 is 0 Å². The van der Waals surface area contributed by atoms with Crippen molar-refractivity contribution in [3.8, 4) is 0 Å². The summed E-state index contributed by atoms with van der Waals surface area (Å²) in [6.45, 7) is 4.78. The van der Waals surface area contributed by atoms with Gasteiger partial charge in [0.2, 0.25) is 0 Å². The predicted molar refractivity (Wildman–Crippen MR) is 65.1 cm³/mol. The largest absolute Gasteiger partial charge is 0.314 e. The fourth-order valence-corrected chi connectivity index (χ4v) is 3.03. The molecule has 2 nitrogen and oxygen atoms in total. The van der Waals surface area contributed by atoms with Gasteiger partial charge >= 0.3 is 0 Å². The zero-order valence-electron chi connectivity index (χ0n) is 10.3. The molecule has 0 spiro atoms. The van der Waals surface area contributed by atoms with E-state index in [0.29, 0.717) is 0 Å². The van der Waals surface area contributed by atoms with E-state index in [1.807, 2.05) is 0 Å². The van der Waals surface area contributed by atoms with Gasteiger partial charge in [0.25, 0.3) is 0 Å². The number of rotatable bonds is 3. The number of nitrogens with zero attached hydrogens (tertiary/aromatic N) is 1. The summed E-state index contributed by atoms with van der Waals surface area (Å²) in [5, 5.41) is 3.38. The van der Waals surface area contributed by atoms with Crippen LogP contribution in [0.5, 0.6) is 0 Å². The molecule has 1 saturated heterocycles. The molecule has 2 unspecified atom stereocenters. The molecule has 0 aromatic rings. The zero-order valence-corrected chi connectivity index (χ0v) is 10.3. The molecule has 2 aliphatic rings. The lowest BCUT2D eigenvalue weighted by molar-refractivity contribution is 0.116. The van der Waals surface area contributed by atoms with Crippen LogP contribution < -0.4 is 5.32 Å². The van der Waals surface area contributed by atoms with Gasteiger partial charge in [-0.05, 0) is 32.2 Å². The van der Waals surface area contributed by atoms with E-state index in [2.05, 4.69) is 24.2 Å². The van der Waals surface area contributed by atoms with Crippen LogP contribution in [-0.2, 0) is 0 Å². The molecular formula is C13H26N2. The van der Waals surface area contributed by atoms with Crippen LogP contribution in [0.1, 0.15) is 45.4 Å². The van der Waals surface area contributed by atoms with E-state index >= 15 is 0 Å². The van der Waals surface area contributed by atoms with Gasteiger partial charge in [0.1, 0.15) is 0 Å². The van der Waals surface area contributed by atoms with Gasteiger partial charge in [-0.15, -0.1) is 0 Å². The monoisotopic (exact) mass is 210 g/mol. The fourth-order valence-electron chi connectivity index (χ4n) is 3.03. The second-order valence-corrected chi connectivity index (χ2v) is 5.41. The summed E-state index contributed by atoms with van der Waals surface area (Å²) in [6.07, 6.45) is 8.65. The molecule has 0 aromatic heterocycles. The van der Waals surface area contributed by atoms with Crippen molar-refractivity contribution in [1.29, 1.82) is 0 Å². The van der Waals surface area contributed by atoms with Gasteiger partial charge in [0.15, 0.2) is 0 Å². The maximum absolute atomic E-state index is 3.38. The zero-order chi connectivity index (χ0) is 10.7. The lowest BCUT2D eigenvalue weighted by Crippen LogP contribution is -2.58. The van der Waals surface area contributed by atoms with E-state index in [0.717, 1.165) is 18.0 Å². The van der Waals surface area contributed by atoms with Crippen molar-refractivity contribution in [1.82, 2.24) is 10.2 Å². The first kappa shape index (κ1) is 11.4. The molecule has 0 amide bonds. The van der Waals surface area contributed by atoms with Gasteiger partial charge < -0.3 is 5.32 Å². The highest BCUT2D eigenvalue weighted by Gasteiger charge is 2.28. The number of hydrogen-bond acceptors (Lipinski definition) is 2. The van der Waals surface area contributed by atoms with Crippen LogP contribution in [0.3, 0.4) is 0 Å². The van der Waals surface area contributed by atoms with Gasteiger partial charge in [-0.3, -0.25) is 4.90 Å². The molecule has 15 heavy (non-hydrogen) atoms. The van der Waals surface area contributed by atoms with Crippen molar-refractivity contribution < 1.29 is 0 Å². The van der Waals surface area contributed by atoms with Crippen molar-refractivity contribution in [2.75, 3.05) is 20.1 Å². The second kappa shape index (κ2) is 5.31. The first-order chi connectivity index (χ1) is 7.31. The summed E-state index contributed by atoms with van der Waals surface area (Å²) in [7, 11) is 2.34. The van der Waals surface area contributed by atoms with Gasteiger partial charge in [-0.1, -0.05) is 26.2 Å². The summed E-state index contributed by atoms with van der Waals surface area (Å²) < 4.78 is 0. The van der Waals surface area contributed by atoms with E-state index in [-0.39, 0.29) is 0 Å². The van der Waals surface area contributed by atoms with Crippen LogP contribution in [0.2, 0.25) is 0 Å². The minimum Gasteiger partial charge on any atom is -0.314 e. The van der Waals surface area contributed by atoms with Crippen molar-refractivity contribution >= 4 is 0 Å². The molecule has 2 heteroatoms. The fraction of sp³-hybridized carbons (Fsp3) is 1.00. The lowest BCUT2D eigenvalue weighted by atomic mass is 9.97. The number of likely N-dealkylation sites (N-methyl/N-ethyl adjacent to an activating group) is 1. The summed E-state index contributed by atoms with van der Waals surface area (Å²) in [6, 6.07) is 1.70. The summed E-state index contributed by atoms with van der Waals surface area (Å²) >= 11 is 0. The average Bonchev–Trinajstić information content (AvgIpc) is 2.39. The number of hydrogen-bond donors (Lipinski definition) is 1. The Bertz CT molecular complexity index is 189. The van der Waals surface area contributed by atoms with Crippen molar-refractivity contribution in [2.24, 2.45) is 5.92 Å². The highest BCUT2D eigenvalue weighted by Crippen LogP contribution is 2.28. The highest BCUT2D eigenvalue weighted by atomic mass is 15.2. The average molecular weight is 210 g/mol. The molecular weight excluding hydrogens is 184 g/mol. The Morgan fingerprint density at radius 3 is 2.47 bits per heavy atom. The third-order valence-corrected chi connectivity index (χ3v) is 4.55. The van der Waals surface area contributed by atoms with Crippen LogP contribution in [-0.4, -0.2) is 37.1 Å². The van der Waals surface area contributed by atoms with Gasteiger partial charge in [0, 0.05) is 25.2 Å². The molecule has 1 heterocycles.